The van der Waals surface area contributed by atoms with E-state index in [1.807, 2.05) is 0 Å². The Hall–Kier alpha value is -6.65. The van der Waals surface area contributed by atoms with Crippen molar-refractivity contribution in [3.63, 3.8) is 0 Å². The third-order valence-corrected chi connectivity index (χ3v) is 21.0. The highest BCUT2D eigenvalue weighted by atomic mass is 27.1. The van der Waals surface area contributed by atoms with Gasteiger partial charge in [-0.3, -0.25) is 0 Å². The lowest BCUT2D eigenvalue weighted by Gasteiger charge is -2.32. The maximum Gasteiger partial charge on any atom is 0.264 e. The molecule has 8 radical (unpaired) electrons. The van der Waals surface area contributed by atoms with Gasteiger partial charge < -0.3 is 0 Å². The summed E-state index contributed by atoms with van der Waals surface area (Å²) in [6, 6.07) is 40.2. The molecule has 0 amide bonds. The van der Waals surface area contributed by atoms with Crippen LogP contribution in [-0.2, 0) is 32.5 Å². The summed E-state index contributed by atoms with van der Waals surface area (Å²) < 4.78 is 0. The van der Waals surface area contributed by atoms with E-state index in [2.05, 4.69) is 330 Å². The summed E-state index contributed by atoms with van der Waals surface area (Å²) in [6.07, 6.45) is 0. The second-order valence-electron chi connectivity index (χ2n) is 32.4. The van der Waals surface area contributed by atoms with E-state index in [0.29, 0.717) is 0 Å². The summed E-state index contributed by atoms with van der Waals surface area (Å²) in [5.74, 6) is 14.5. The van der Waals surface area contributed by atoms with Gasteiger partial charge in [-0.15, -0.1) is 0 Å². The summed E-state index contributed by atoms with van der Waals surface area (Å²) >= 11 is 10.8. The molecule has 0 nitrogen and oxygen atoms in total. The standard InChI is InChI=1S/C86H70.4Al/c1-23-43-27-49(81(5,6)7)28-44(24-2)67(43)47-31-55-59-35-51(83(11,12)13)39-63-65-41-53(85(17,18)19)37-61-57-33-48(68-45(25-3)29-50(82(8,9)10)30-46(68)26-4)34-58-62-38-54(86(20,21)22)42-66-64-40-52(84(14,15)16)36-60-56(32-47)69(55)75-77(71(59)63)79(73(61)65)76(70(57)58)80(74(62)66)78(75)72(60)64;;;;/h27-42H,5-22H3;;;;. The smallest absolute Gasteiger partial charge is 0.230 e. The van der Waals surface area contributed by atoms with Gasteiger partial charge in [0.2, 0.25) is 0 Å². The zero-order valence-electron chi connectivity index (χ0n) is 55.5. The molecule has 0 fully saturated rings. The molecule has 15 aromatic carbocycles. The van der Waals surface area contributed by atoms with Crippen molar-refractivity contribution in [2.75, 3.05) is 0 Å². The van der Waals surface area contributed by atoms with Crippen molar-refractivity contribution >= 4 is 194 Å². The van der Waals surface area contributed by atoms with Crippen molar-refractivity contribution in [2.45, 2.75) is 157 Å². The van der Waals surface area contributed by atoms with Crippen molar-refractivity contribution < 1.29 is 0 Å². The van der Waals surface area contributed by atoms with Crippen molar-refractivity contribution in [1.29, 1.82) is 0 Å². The molecule has 90 heavy (non-hydrogen) atoms. The molecule has 0 saturated carbocycles. The highest BCUT2D eigenvalue weighted by molar-refractivity contribution is 6.61. The number of benzene rings is 15. The van der Waals surface area contributed by atoms with Crippen LogP contribution in [0.2, 0.25) is 0 Å². The summed E-state index contributed by atoms with van der Waals surface area (Å²) in [6.45, 7) is 42.4. The average Bonchev–Trinajstić information content (AvgIpc) is 0.642. The number of rotatable bonds is 2. The minimum absolute atomic E-state index is 0.124. The van der Waals surface area contributed by atoms with Crippen LogP contribution in [0.3, 0.4) is 0 Å². The quantitative estimate of drug-likeness (QED) is 0.0700. The van der Waals surface area contributed by atoms with Gasteiger partial charge in [-0.1, -0.05) is 148 Å². The molecule has 15 rings (SSSR count). The van der Waals surface area contributed by atoms with Crippen LogP contribution in [0, 0.1) is 42.8 Å². The van der Waals surface area contributed by atoms with Crippen molar-refractivity contribution in [3.05, 3.63) is 153 Å². The lowest BCUT2D eigenvalue weighted by molar-refractivity contribution is 0.589. The molecule has 0 saturated heterocycles. The minimum atomic E-state index is -0.178. The van der Waals surface area contributed by atoms with E-state index < -0.39 is 0 Å². The van der Waals surface area contributed by atoms with E-state index >= 15 is 0 Å². The summed E-state index contributed by atoms with van der Waals surface area (Å²) in [5.41, 5.74) is 15.1. The number of hydrogen-bond donors (Lipinski definition) is 0. The maximum atomic E-state index is 3.63. The molecule has 0 aromatic heterocycles. The highest BCUT2D eigenvalue weighted by Crippen LogP contribution is 2.62. The van der Waals surface area contributed by atoms with Gasteiger partial charge >= 0.3 is 0 Å². The lowest BCUT2D eigenvalue weighted by Crippen LogP contribution is -2.13. The molecule has 0 spiro atoms. The zero-order chi connectivity index (χ0) is 63.9. The van der Waals surface area contributed by atoms with E-state index in [4.69, 9.17) is 0 Å². The number of fused-ring (bicyclic) bond motifs is 6. The summed E-state index contributed by atoms with van der Waals surface area (Å²) in [5, 5.41) is 31.9. The van der Waals surface area contributed by atoms with Gasteiger partial charge in [0.05, 0.1) is 0 Å². The van der Waals surface area contributed by atoms with Crippen LogP contribution in [0.5, 0.6) is 0 Å². The van der Waals surface area contributed by atoms with Crippen LogP contribution in [0.4, 0.5) is 0 Å². The Labute approximate surface area is 564 Å². The maximum absolute atomic E-state index is 3.63. The summed E-state index contributed by atoms with van der Waals surface area (Å²) in [4.78, 5) is 13.1. The third kappa shape index (κ3) is 8.45. The Bertz CT molecular complexity index is 5230. The Kier molecular flexibility index (Phi) is 12.9. The zero-order valence-corrected chi connectivity index (χ0v) is 60.2. The molecular formula is C86H70Al4. The van der Waals surface area contributed by atoms with Gasteiger partial charge in [-0.2, -0.15) is 0 Å². The second-order valence-corrected chi connectivity index (χ2v) is 33.6. The van der Waals surface area contributed by atoms with Gasteiger partial charge in [0.1, 0.15) is 0 Å². The normalized spacial score (nSPS) is 13.3. The van der Waals surface area contributed by atoms with Gasteiger partial charge in [0.15, 0.2) is 0 Å². The molecule has 0 N–H and O–H groups in total. The lowest BCUT2D eigenvalue weighted by atomic mass is 9.70. The molecule has 0 atom stereocenters. The van der Waals surface area contributed by atoms with E-state index in [1.54, 1.807) is 0 Å². The van der Waals surface area contributed by atoms with Gasteiger partial charge in [-0.05, 0) is 303 Å². The second kappa shape index (κ2) is 19.5. The molecule has 0 aliphatic carbocycles. The molecule has 0 unspecified atom stereocenters. The fourth-order valence-electron chi connectivity index (χ4n) is 15.8. The highest BCUT2D eigenvalue weighted by Gasteiger charge is 2.36. The molecule has 426 valence electrons. The predicted molar refractivity (Wildman–Crippen MR) is 397 cm³/mol. The third-order valence-electron chi connectivity index (χ3n) is 20.4. The molecule has 0 aliphatic rings. The van der Waals surface area contributed by atoms with Crippen LogP contribution in [0.25, 0.3) is 152 Å². The van der Waals surface area contributed by atoms with Crippen LogP contribution in [0.15, 0.2) is 97.1 Å². The molecule has 0 heterocycles. The topological polar surface area (TPSA) is 0 Å². The van der Waals surface area contributed by atoms with Crippen LogP contribution >= 0.6 is 0 Å². The monoisotopic (exact) mass is 1210 g/mol. The Morgan fingerprint density at radius 1 is 0.200 bits per heavy atom. The first-order chi connectivity index (χ1) is 42.3. The van der Waals surface area contributed by atoms with Crippen LogP contribution in [-0.4, -0.2) is 65.2 Å². The Balaban J connectivity index is 1.31. The van der Waals surface area contributed by atoms with Gasteiger partial charge in [-0.25, -0.2) is 19.1 Å². The fraction of sp³-hybridized carbons (Fsp3) is 0.279. The van der Waals surface area contributed by atoms with E-state index in [9.17, 15) is 0 Å². The Morgan fingerprint density at radius 3 is 0.489 bits per heavy atom. The first-order valence-corrected chi connectivity index (χ1v) is 34.2. The van der Waals surface area contributed by atoms with Crippen molar-refractivity contribution in [1.82, 2.24) is 0 Å². The van der Waals surface area contributed by atoms with Gasteiger partial charge in [0.25, 0.3) is 65.2 Å². The van der Waals surface area contributed by atoms with Crippen molar-refractivity contribution in [2.24, 2.45) is 0 Å². The van der Waals surface area contributed by atoms with Crippen molar-refractivity contribution in [3.8, 4) is 65.1 Å². The minimum Gasteiger partial charge on any atom is -0.230 e. The Morgan fingerprint density at radius 2 is 0.344 bits per heavy atom. The molecule has 4 heteroatoms. The molecule has 15 aromatic rings. The molecule has 0 bridgehead atoms. The van der Waals surface area contributed by atoms with Gasteiger partial charge in [0, 0.05) is 33.4 Å². The van der Waals surface area contributed by atoms with E-state index in [0.717, 1.165) is 44.5 Å². The first kappa shape index (κ1) is 59.6. The average molecular weight is 1210 g/mol. The van der Waals surface area contributed by atoms with Crippen LogP contribution in [0.1, 0.15) is 180 Å². The first-order valence-electron chi connectivity index (χ1n) is 31.9. The predicted octanol–water partition coefficient (Wildman–Crippen LogP) is 21.2. The number of hydrogen-bond acceptors (Lipinski definition) is 0. The summed E-state index contributed by atoms with van der Waals surface area (Å²) in [7, 11) is 0. The van der Waals surface area contributed by atoms with Crippen LogP contribution < -0.4 is 0 Å². The largest absolute Gasteiger partial charge is 0.264 e. The fourth-order valence-corrected chi connectivity index (χ4v) is 16.4. The molecular weight excluding hydrogens is 1140 g/mol. The van der Waals surface area contributed by atoms with E-state index in [1.165, 1.54) is 163 Å². The SMILES string of the molecule is CC(C)(C)c1cc(C#[C][Al])c(-c2cc3c4cc(C(C)(C)C)cc5c6cc(C(C)(C)C)cc7c8cc(-c9c(C#[C][Al])cc(C(C)(C)C)cc9C#[C][Al])cc9c%10cc(C(C)(C)C)cc%11c%12cc(C(C)(C)C)cc%13c(c2)c3c2c(c45)c(c76)c(c89)c(c%10%11)c2c%13%12)c(C#[C][Al])c1. The molecule has 0 aliphatic heterocycles. The van der Waals surface area contributed by atoms with E-state index in [-0.39, 0.29) is 32.5 Å².